The van der Waals surface area contributed by atoms with Gasteiger partial charge in [0, 0.05) is 71.0 Å². The number of amides is 2. The molecular weight excluding hydrogens is 688 g/mol. The Morgan fingerprint density at radius 2 is 0.887 bits per heavy atom. The predicted molar refractivity (Wildman–Crippen MR) is 198 cm³/mol. The molecule has 0 unspecified atom stereocenters. The van der Waals surface area contributed by atoms with Gasteiger partial charge in [0.2, 0.25) is 5.91 Å². The molecule has 1 heterocycles. The molecule has 0 atom stereocenters. The van der Waals surface area contributed by atoms with Crippen molar-refractivity contribution in [2.45, 2.75) is 79.1 Å². The summed E-state index contributed by atoms with van der Waals surface area (Å²) in [5.74, 6) is -2.66. The third-order valence-electron chi connectivity index (χ3n) is 7.59. The van der Waals surface area contributed by atoms with Crippen molar-refractivity contribution in [1.29, 1.82) is 0 Å². The molecule has 4 N–H and O–H groups in total. The first-order valence-corrected chi connectivity index (χ1v) is 18.1. The van der Waals surface area contributed by atoms with E-state index in [0.29, 0.717) is 52.4 Å². The minimum absolute atomic E-state index is 0.0147. The first-order valence-electron chi connectivity index (χ1n) is 18.1. The molecule has 53 heavy (non-hydrogen) atoms. The van der Waals surface area contributed by atoms with Gasteiger partial charge in [-0.3, -0.25) is 43.6 Å². The van der Waals surface area contributed by atoms with Crippen molar-refractivity contribution < 1.29 is 48.4 Å². The van der Waals surface area contributed by atoms with Gasteiger partial charge in [-0.15, -0.1) is 0 Å². The predicted octanol–water partition coefficient (Wildman–Crippen LogP) is 1.19. The molecule has 2 rings (SSSR count). The highest BCUT2D eigenvalue weighted by Gasteiger charge is 2.26. The van der Waals surface area contributed by atoms with E-state index < -0.39 is 28.5 Å². The molecule has 16 nitrogen and oxygen atoms in total. The van der Waals surface area contributed by atoms with Gasteiger partial charge in [0.05, 0.1) is 26.2 Å². The van der Waals surface area contributed by atoms with Crippen LogP contribution in [0.1, 0.15) is 72.7 Å². The number of rotatable bonds is 12. The van der Waals surface area contributed by atoms with Gasteiger partial charge in [-0.25, -0.2) is 0 Å². The molecule has 0 aromatic heterocycles. The summed E-state index contributed by atoms with van der Waals surface area (Å²) in [5, 5.41) is 24.6. The second-order valence-electron chi connectivity index (χ2n) is 16.2. The number of esters is 3. The molecule has 1 aromatic carbocycles. The fraction of sp³-hybridized carbons (Fsp3) is 0.703. The maximum atomic E-state index is 13.1. The van der Waals surface area contributed by atoms with Crippen LogP contribution in [-0.2, 0) is 33.4 Å². The molecule has 0 bridgehead atoms. The lowest BCUT2D eigenvalue weighted by Gasteiger charge is -2.34. The first kappa shape index (κ1) is 45.2. The lowest BCUT2D eigenvalue weighted by molar-refractivity contribution is -0.158. The minimum Gasteiger partial charge on any atom is -0.504 e. The number of carbonyl (C=O) groups is 5. The Labute approximate surface area is 314 Å². The van der Waals surface area contributed by atoms with Gasteiger partial charge >= 0.3 is 17.9 Å². The average Bonchev–Trinajstić information content (AvgIpc) is 2.99. The van der Waals surface area contributed by atoms with Gasteiger partial charge in [0.1, 0.15) is 16.8 Å². The molecule has 16 heteroatoms. The summed E-state index contributed by atoms with van der Waals surface area (Å²) in [7, 11) is 0. The quantitative estimate of drug-likeness (QED) is 0.103. The van der Waals surface area contributed by atoms with Crippen molar-refractivity contribution in [3.63, 3.8) is 0 Å². The summed E-state index contributed by atoms with van der Waals surface area (Å²) in [6.07, 6.45) is 0. The van der Waals surface area contributed by atoms with Crippen LogP contribution in [0.4, 0.5) is 0 Å². The van der Waals surface area contributed by atoms with Gasteiger partial charge < -0.3 is 35.1 Å². The highest BCUT2D eigenvalue weighted by atomic mass is 16.6. The molecule has 1 aliphatic rings. The number of hydrogen-bond acceptors (Lipinski definition) is 14. The van der Waals surface area contributed by atoms with Crippen LogP contribution in [-0.4, -0.2) is 168 Å². The molecule has 2 amide bonds. The van der Waals surface area contributed by atoms with Gasteiger partial charge in [-0.05, 0) is 80.5 Å². The molecule has 0 saturated carbocycles. The number of phenols is 2. The standard InChI is InChI=1S/C37H62N6O10/c1-35(2,3)51-31(47)24-41-16-14-40(23-30(46)38-12-13-39-34(50)27-10-11-28(44)29(45)22-27)15-17-42(25-32(48)52-36(4,5)6)19-21-43(20-18-41)26-33(49)53-37(7,8)9/h10-11,22,44-45H,12-21,23-26H2,1-9H3,(H,38,46)(H,39,50). The monoisotopic (exact) mass is 750 g/mol. The normalized spacial score (nSPS) is 16.5. The van der Waals surface area contributed by atoms with E-state index in [4.69, 9.17) is 14.2 Å². The second-order valence-corrected chi connectivity index (χ2v) is 16.2. The summed E-state index contributed by atoms with van der Waals surface area (Å²) in [6, 6.07) is 3.74. The van der Waals surface area contributed by atoms with E-state index >= 15 is 0 Å². The summed E-state index contributed by atoms with van der Waals surface area (Å²) >= 11 is 0. The first-order chi connectivity index (χ1) is 24.5. The number of ether oxygens (including phenoxy) is 3. The van der Waals surface area contributed by atoms with Gasteiger partial charge in [-0.2, -0.15) is 0 Å². The van der Waals surface area contributed by atoms with Crippen LogP contribution >= 0.6 is 0 Å². The molecule has 1 fully saturated rings. The van der Waals surface area contributed by atoms with E-state index in [2.05, 4.69) is 10.6 Å². The maximum absolute atomic E-state index is 13.1. The van der Waals surface area contributed by atoms with Crippen LogP contribution in [0.3, 0.4) is 0 Å². The smallest absolute Gasteiger partial charge is 0.320 e. The van der Waals surface area contributed by atoms with E-state index in [9.17, 15) is 34.2 Å². The van der Waals surface area contributed by atoms with Crippen molar-refractivity contribution in [2.24, 2.45) is 0 Å². The zero-order chi connectivity index (χ0) is 40.0. The number of benzene rings is 1. The Bertz CT molecular complexity index is 1340. The third-order valence-corrected chi connectivity index (χ3v) is 7.59. The zero-order valence-electron chi connectivity index (χ0n) is 33.1. The topological polar surface area (TPSA) is 191 Å². The fourth-order valence-electron chi connectivity index (χ4n) is 5.28. The number of aromatic hydroxyl groups is 2. The summed E-state index contributed by atoms with van der Waals surface area (Å²) in [4.78, 5) is 72.0. The number of phenolic OH excluding ortho intramolecular Hbond substituents is 2. The van der Waals surface area contributed by atoms with Crippen LogP contribution in [0.15, 0.2) is 18.2 Å². The van der Waals surface area contributed by atoms with Gasteiger partial charge in [-0.1, -0.05) is 0 Å². The minimum atomic E-state index is -0.667. The van der Waals surface area contributed by atoms with Crippen LogP contribution in [0.2, 0.25) is 0 Å². The van der Waals surface area contributed by atoms with E-state index in [0.717, 1.165) is 6.07 Å². The Hall–Kier alpha value is -3.99. The van der Waals surface area contributed by atoms with Crippen molar-refractivity contribution in [1.82, 2.24) is 30.2 Å². The van der Waals surface area contributed by atoms with Crippen LogP contribution in [0.25, 0.3) is 0 Å². The van der Waals surface area contributed by atoms with Crippen LogP contribution in [0, 0.1) is 0 Å². The Morgan fingerprint density at radius 3 is 1.23 bits per heavy atom. The van der Waals surface area contributed by atoms with Gasteiger partial charge in [0.15, 0.2) is 11.5 Å². The van der Waals surface area contributed by atoms with Crippen molar-refractivity contribution in [2.75, 3.05) is 91.6 Å². The molecular formula is C37H62N6O10. The van der Waals surface area contributed by atoms with Crippen LogP contribution in [0.5, 0.6) is 11.5 Å². The SMILES string of the molecule is CC(C)(C)OC(=O)CN1CCN(CC(=O)NCCNC(=O)c2ccc(O)c(O)c2)CCN(CC(=O)OC(C)(C)C)CCN(CC(=O)OC(C)(C)C)CC1. The zero-order valence-corrected chi connectivity index (χ0v) is 33.1. The molecule has 1 saturated heterocycles. The van der Waals surface area contributed by atoms with Crippen molar-refractivity contribution in [3.05, 3.63) is 23.8 Å². The summed E-state index contributed by atoms with van der Waals surface area (Å²) in [5.41, 5.74) is -1.83. The lowest BCUT2D eigenvalue weighted by Crippen LogP contribution is -2.50. The largest absolute Gasteiger partial charge is 0.504 e. The van der Waals surface area contributed by atoms with E-state index in [-0.39, 0.29) is 74.4 Å². The maximum Gasteiger partial charge on any atom is 0.320 e. The second kappa shape index (κ2) is 20.5. The number of hydrogen-bond donors (Lipinski definition) is 4. The van der Waals surface area contributed by atoms with E-state index in [1.165, 1.54) is 12.1 Å². The molecule has 1 aliphatic heterocycles. The van der Waals surface area contributed by atoms with Crippen molar-refractivity contribution in [3.8, 4) is 11.5 Å². The van der Waals surface area contributed by atoms with Crippen molar-refractivity contribution >= 4 is 29.7 Å². The molecule has 300 valence electrons. The number of carbonyl (C=O) groups excluding carboxylic acids is 5. The lowest BCUT2D eigenvalue weighted by atomic mass is 10.2. The average molecular weight is 751 g/mol. The fourth-order valence-corrected chi connectivity index (χ4v) is 5.28. The summed E-state index contributed by atoms with van der Waals surface area (Å²) < 4.78 is 16.8. The highest BCUT2D eigenvalue weighted by Crippen LogP contribution is 2.24. The van der Waals surface area contributed by atoms with Crippen LogP contribution < -0.4 is 10.6 Å². The number of nitrogens with zero attached hydrogens (tertiary/aromatic N) is 4. The highest BCUT2D eigenvalue weighted by molar-refractivity contribution is 5.94. The number of nitrogens with one attached hydrogen (secondary N) is 2. The Balaban J connectivity index is 2.18. The van der Waals surface area contributed by atoms with E-state index in [1.807, 2.05) is 40.4 Å². The van der Waals surface area contributed by atoms with Gasteiger partial charge in [0.25, 0.3) is 5.91 Å². The van der Waals surface area contributed by atoms with E-state index in [1.54, 1.807) is 41.5 Å². The molecule has 1 aromatic rings. The molecule has 0 spiro atoms. The Kier molecular flexibility index (Phi) is 17.4. The molecule has 0 radical (unpaired) electrons. The summed E-state index contributed by atoms with van der Waals surface area (Å²) in [6.45, 7) is 19.9. The molecule has 0 aliphatic carbocycles. The Morgan fingerprint density at radius 1 is 0.547 bits per heavy atom. The third kappa shape index (κ3) is 20.2.